The van der Waals surface area contributed by atoms with Gasteiger partial charge in [-0.15, -0.1) is 0 Å². The fourth-order valence-electron chi connectivity index (χ4n) is 2.50. The zero-order valence-corrected chi connectivity index (χ0v) is 12.8. The maximum Gasteiger partial charge on any atom is 0.0716 e. The van der Waals surface area contributed by atoms with E-state index in [1.807, 2.05) is 6.07 Å². The van der Waals surface area contributed by atoms with Gasteiger partial charge in [-0.3, -0.25) is 0 Å². The highest BCUT2D eigenvalue weighted by Gasteiger charge is 2.39. The highest BCUT2D eigenvalue weighted by molar-refractivity contribution is 9.09. The van der Waals surface area contributed by atoms with Gasteiger partial charge in [-0.05, 0) is 42.6 Å². The lowest BCUT2D eigenvalue weighted by Crippen LogP contribution is -2.21. The van der Waals surface area contributed by atoms with Crippen LogP contribution in [0, 0.1) is 11.3 Å². The Morgan fingerprint density at radius 1 is 1.28 bits per heavy atom. The molecule has 1 aromatic rings. The molecule has 1 aliphatic carbocycles. The molecule has 1 saturated carbocycles. The highest BCUT2D eigenvalue weighted by atomic mass is 79.9. The van der Waals surface area contributed by atoms with Crippen molar-refractivity contribution < 1.29 is 4.74 Å². The normalized spacial score (nSPS) is 18.6. The summed E-state index contributed by atoms with van der Waals surface area (Å²) in [6, 6.07) is 10.4. The first-order valence-corrected chi connectivity index (χ1v) is 8.04. The lowest BCUT2D eigenvalue weighted by Gasteiger charge is -2.27. The number of hydrogen-bond donors (Lipinski definition) is 0. The Morgan fingerprint density at radius 2 is 2.00 bits per heavy atom. The predicted octanol–water partition coefficient (Wildman–Crippen LogP) is 4.79. The van der Waals surface area contributed by atoms with Gasteiger partial charge in [-0.1, -0.05) is 53.2 Å². The molecule has 1 nitrogen and oxygen atoms in total. The van der Waals surface area contributed by atoms with Gasteiger partial charge in [0.05, 0.1) is 6.61 Å². The summed E-state index contributed by atoms with van der Waals surface area (Å²) in [4.78, 5) is 0. The highest BCUT2D eigenvalue weighted by Crippen LogP contribution is 2.49. The third kappa shape index (κ3) is 4.10. The topological polar surface area (TPSA) is 9.23 Å². The van der Waals surface area contributed by atoms with Gasteiger partial charge in [0.1, 0.15) is 0 Å². The van der Waals surface area contributed by atoms with Crippen LogP contribution in [0.4, 0.5) is 0 Å². The van der Waals surface area contributed by atoms with Crippen molar-refractivity contribution in [3.8, 4) is 0 Å². The fourth-order valence-corrected chi connectivity index (χ4v) is 3.24. The van der Waals surface area contributed by atoms with Crippen LogP contribution in [-0.2, 0) is 11.3 Å². The first kappa shape index (κ1) is 14.1. The average molecular weight is 311 g/mol. The van der Waals surface area contributed by atoms with Crippen LogP contribution in [0.15, 0.2) is 30.3 Å². The van der Waals surface area contributed by atoms with Crippen molar-refractivity contribution >= 4 is 15.9 Å². The molecule has 2 heteroatoms. The number of benzene rings is 1. The molecule has 0 bridgehead atoms. The third-order valence-corrected chi connectivity index (χ3v) is 5.30. The van der Waals surface area contributed by atoms with Crippen LogP contribution in [-0.4, -0.2) is 11.9 Å². The minimum atomic E-state index is 0.496. The van der Waals surface area contributed by atoms with Crippen molar-refractivity contribution in [1.82, 2.24) is 0 Å². The molecule has 100 valence electrons. The van der Waals surface area contributed by atoms with E-state index in [-0.39, 0.29) is 0 Å². The van der Waals surface area contributed by atoms with E-state index in [2.05, 4.69) is 47.1 Å². The summed E-state index contributed by atoms with van der Waals surface area (Å²) >= 11 is 3.68. The maximum absolute atomic E-state index is 5.74. The number of alkyl halides is 1. The maximum atomic E-state index is 5.74. The van der Waals surface area contributed by atoms with Crippen molar-refractivity contribution in [3.05, 3.63) is 35.9 Å². The molecule has 0 saturated heterocycles. The van der Waals surface area contributed by atoms with Crippen molar-refractivity contribution in [2.45, 2.75) is 39.2 Å². The summed E-state index contributed by atoms with van der Waals surface area (Å²) in [5.74, 6) is 0.950. The third-order valence-electron chi connectivity index (χ3n) is 4.02. The molecule has 0 aliphatic heterocycles. The van der Waals surface area contributed by atoms with Crippen LogP contribution < -0.4 is 0 Å². The molecule has 1 aromatic carbocycles. The standard InChI is InChI=1S/C16H23BrO/c1-16(13-17,15-8-9-15)10-5-11-18-12-14-6-3-2-4-7-14/h2-4,6-7,15H,5,8-13H2,1H3. The molecular formula is C16H23BrO. The zero-order chi connectivity index (χ0) is 12.8. The molecule has 1 unspecified atom stereocenters. The van der Waals surface area contributed by atoms with Gasteiger partial charge in [0.2, 0.25) is 0 Å². The molecule has 0 N–H and O–H groups in total. The van der Waals surface area contributed by atoms with Gasteiger partial charge in [-0.2, -0.15) is 0 Å². The van der Waals surface area contributed by atoms with Gasteiger partial charge in [0.15, 0.2) is 0 Å². The zero-order valence-electron chi connectivity index (χ0n) is 11.2. The van der Waals surface area contributed by atoms with Crippen LogP contribution in [0.25, 0.3) is 0 Å². The lowest BCUT2D eigenvalue weighted by atomic mass is 9.83. The van der Waals surface area contributed by atoms with E-state index < -0.39 is 0 Å². The smallest absolute Gasteiger partial charge is 0.0716 e. The summed E-state index contributed by atoms with van der Waals surface area (Å²) in [5.41, 5.74) is 1.76. The molecular weight excluding hydrogens is 288 g/mol. The van der Waals surface area contributed by atoms with Crippen LogP contribution in [0.5, 0.6) is 0 Å². The van der Waals surface area contributed by atoms with E-state index in [0.717, 1.165) is 24.5 Å². The number of ether oxygens (including phenoxy) is 1. The monoisotopic (exact) mass is 310 g/mol. The molecule has 0 amide bonds. The van der Waals surface area contributed by atoms with E-state index in [4.69, 9.17) is 4.74 Å². The van der Waals surface area contributed by atoms with E-state index in [1.54, 1.807) is 0 Å². The quantitative estimate of drug-likeness (QED) is 0.495. The Balaban J connectivity index is 1.61. The van der Waals surface area contributed by atoms with E-state index in [0.29, 0.717) is 5.41 Å². The van der Waals surface area contributed by atoms with E-state index in [1.165, 1.54) is 31.2 Å². The summed E-state index contributed by atoms with van der Waals surface area (Å²) in [6.07, 6.45) is 5.29. The first-order chi connectivity index (χ1) is 8.74. The summed E-state index contributed by atoms with van der Waals surface area (Å²) in [5, 5.41) is 1.13. The molecule has 1 fully saturated rings. The van der Waals surface area contributed by atoms with Crippen LogP contribution in [0.1, 0.15) is 38.2 Å². The Bertz CT molecular complexity index is 347. The molecule has 0 spiro atoms. The predicted molar refractivity (Wildman–Crippen MR) is 80.0 cm³/mol. The SMILES string of the molecule is CC(CBr)(CCCOCc1ccccc1)C1CC1. The van der Waals surface area contributed by atoms with Crippen LogP contribution >= 0.6 is 15.9 Å². The Morgan fingerprint density at radius 3 is 2.61 bits per heavy atom. The Labute approximate surface area is 119 Å². The fraction of sp³-hybridized carbons (Fsp3) is 0.625. The lowest BCUT2D eigenvalue weighted by molar-refractivity contribution is 0.106. The van der Waals surface area contributed by atoms with Crippen molar-refractivity contribution in [1.29, 1.82) is 0 Å². The van der Waals surface area contributed by atoms with Crippen LogP contribution in [0.3, 0.4) is 0 Å². The van der Waals surface area contributed by atoms with Gasteiger partial charge in [-0.25, -0.2) is 0 Å². The minimum absolute atomic E-state index is 0.496. The summed E-state index contributed by atoms with van der Waals surface area (Å²) < 4.78 is 5.74. The van der Waals surface area contributed by atoms with Gasteiger partial charge >= 0.3 is 0 Å². The van der Waals surface area contributed by atoms with Crippen molar-refractivity contribution in [3.63, 3.8) is 0 Å². The molecule has 1 atom stereocenters. The number of halogens is 1. The molecule has 18 heavy (non-hydrogen) atoms. The molecule has 0 radical (unpaired) electrons. The first-order valence-electron chi connectivity index (χ1n) is 6.92. The summed E-state index contributed by atoms with van der Waals surface area (Å²) in [6.45, 7) is 4.04. The Kier molecular flexibility index (Phi) is 5.25. The van der Waals surface area contributed by atoms with Gasteiger partial charge < -0.3 is 4.74 Å². The van der Waals surface area contributed by atoms with Gasteiger partial charge in [0, 0.05) is 11.9 Å². The summed E-state index contributed by atoms with van der Waals surface area (Å²) in [7, 11) is 0. The van der Waals surface area contributed by atoms with Gasteiger partial charge in [0.25, 0.3) is 0 Å². The molecule has 0 aromatic heterocycles. The second kappa shape index (κ2) is 6.72. The van der Waals surface area contributed by atoms with Crippen molar-refractivity contribution in [2.24, 2.45) is 11.3 Å². The number of rotatable bonds is 8. The minimum Gasteiger partial charge on any atom is -0.377 e. The van der Waals surface area contributed by atoms with Crippen LogP contribution in [0.2, 0.25) is 0 Å². The molecule has 2 rings (SSSR count). The van der Waals surface area contributed by atoms with E-state index >= 15 is 0 Å². The van der Waals surface area contributed by atoms with E-state index in [9.17, 15) is 0 Å². The number of hydrogen-bond acceptors (Lipinski definition) is 1. The van der Waals surface area contributed by atoms with Crippen molar-refractivity contribution in [2.75, 3.05) is 11.9 Å². The second-order valence-electron chi connectivity index (χ2n) is 5.70. The second-order valence-corrected chi connectivity index (χ2v) is 6.26. The average Bonchev–Trinajstić information content (AvgIpc) is 3.24. The largest absolute Gasteiger partial charge is 0.377 e. The Hall–Kier alpha value is -0.340. The molecule has 1 aliphatic rings. The molecule has 0 heterocycles.